The van der Waals surface area contributed by atoms with Crippen LogP contribution in [0.25, 0.3) is 0 Å². The van der Waals surface area contributed by atoms with Crippen molar-refractivity contribution in [2.45, 2.75) is 38.6 Å². The number of carbonyl (C=O) groups is 1. The molecule has 0 heterocycles. The van der Waals surface area contributed by atoms with Crippen LogP contribution < -0.4 is 5.32 Å². The predicted octanol–water partition coefficient (Wildman–Crippen LogP) is 2.01. The molecule has 1 aromatic rings. The fourth-order valence-electron chi connectivity index (χ4n) is 2.42. The molecule has 3 nitrogen and oxygen atoms in total. The molecule has 0 aliphatic heterocycles. The van der Waals surface area contributed by atoms with Crippen LogP contribution in [0.1, 0.15) is 47.2 Å². The Bertz CT molecular complexity index is 519. The molecule has 0 radical (unpaired) electrons. The van der Waals surface area contributed by atoms with Gasteiger partial charge in [-0.25, -0.2) is 0 Å². The molecule has 0 unspecified atom stereocenters. The van der Waals surface area contributed by atoms with Crippen molar-refractivity contribution in [2.24, 2.45) is 0 Å². The summed E-state index contributed by atoms with van der Waals surface area (Å²) in [4.78, 5) is 12.2. The largest absolute Gasteiger partial charge is 0.384 e. The summed E-state index contributed by atoms with van der Waals surface area (Å²) in [5.41, 5.74) is 2.39. The number of benzene rings is 1. The Labute approximate surface area is 114 Å². The molecule has 1 aromatic carbocycles. The van der Waals surface area contributed by atoms with Crippen molar-refractivity contribution in [3.8, 4) is 11.8 Å². The van der Waals surface area contributed by atoms with E-state index in [2.05, 4.69) is 17.2 Å². The fourth-order valence-corrected chi connectivity index (χ4v) is 2.42. The second-order valence-electron chi connectivity index (χ2n) is 4.94. The third kappa shape index (κ3) is 3.59. The summed E-state index contributed by atoms with van der Waals surface area (Å²) in [5, 5.41) is 11.8. The zero-order chi connectivity index (χ0) is 13.7. The van der Waals surface area contributed by atoms with E-state index < -0.39 is 0 Å². The van der Waals surface area contributed by atoms with E-state index in [1.54, 1.807) is 6.07 Å². The van der Waals surface area contributed by atoms with E-state index in [4.69, 9.17) is 5.11 Å². The zero-order valence-electron chi connectivity index (χ0n) is 11.2. The van der Waals surface area contributed by atoms with Crippen molar-refractivity contribution in [2.75, 3.05) is 6.61 Å². The predicted molar refractivity (Wildman–Crippen MR) is 74.9 cm³/mol. The molecular formula is C16H19NO2. The van der Waals surface area contributed by atoms with Crippen LogP contribution >= 0.6 is 0 Å². The van der Waals surface area contributed by atoms with Gasteiger partial charge in [-0.2, -0.15) is 0 Å². The quantitative estimate of drug-likeness (QED) is 0.796. The van der Waals surface area contributed by atoms with Gasteiger partial charge in [0, 0.05) is 17.2 Å². The number of amides is 1. The van der Waals surface area contributed by atoms with Gasteiger partial charge in [-0.3, -0.25) is 4.79 Å². The molecule has 1 aliphatic carbocycles. The molecule has 1 amide bonds. The number of aliphatic hydroxyl groups is 1. The lowest BCUT2D eigenvalue weighted by atomic mass is 10.0. The third-order valence-corrected chi connectivity index (χ3v) is 3.48. The van der Waals surface area contributed by atoms with E-state index >= 15 is 0 Å². The van der Waals surface area contributed by atoms with Gasteiger partial charge in [-0.1, -0.05) is 30.7 Å². The normalized spacial score (nSPS) is 14.8. The lowest BCUT2D eigenvalue weighted by Crippen LogP contribution is -2.33. The minimum atomic E-state index is -0.169. The summed E-state index contributed by atoms with van der Waals surface area (Å²) >= 11 is 0. The first-order valence-corrected chi connectivity index (χ1v) is 6.72. The molecule has 1 aliphatic rings. The van der Waals surface area contributed by atoms with Crippen LogP contribution in [0.2, 0.25) is 0 Å². The van der Waals surface area contributed by atoms with Crippen LogP contribution in [0.5, 0.6) is 0 Å². The van der Waals surface area contributed by atoms with Crippen molar-refractivity contribution in [3.63, 3.8) is 0 Å². The minimum Gasteiger partial charge on any atom is -0.384 e. The third-order valence-electron chi connectivity index (χ3n) is 3.48. The van der Waals surface area contributed by atoms with Crippen molar-refractivity contribution in [1.82, 2.24) is 5.32 Å². The molecular weight excluding hydrogens is 238 g/mol. The Balaban J connectivity index is 2.15. The van der Waals surface area contributed by atoms with Crippen LogP contribution in [-0.4, -0.2) is 23.7 Å². The first kappa shape index (κ1) is 13.6. The molecule has 1 saturated carbocycles. The summed E-state index contributed by atoms with van der Waals surface area (Å²) in [5.74, 6) is 5.41. The van der Waals surface area contributed by atoms with Gasteiger partial charge in [0.2, 0.25) is 0 Å². The van der Waals surface area contributed by atoms with Crippen molar-refractivity contribution < 1.29 is 9.90 Å². The van der Waals surface area contributed by atoms with Gasteiger partial charge in [0.05, 0.1) is 0 Å². The number of rotatable bonds is 2. The monoisotopic (exact) mass is 257 g/mol. The standard InChI is InChI=1S/C16H19NO2/c1-12-8-9-13(5-4-10-18)11-15(12)16(19)17-14-6-2-3-7-14/h8-9,11,14,18H,2-3,6-7,10H2,1H3,(H,17,19). The van der Waals surface area contributed by atoms with Crippen LogP contribution in [0.3, 0.4) is 0 Å². The Morgan fingerprint density at radius 3 is 2.84 bits per heavy atom. The van der Waals surface area contributed by atoms with E-state index in [0.717, 1.165) is 24.0 Å². The smallest absolute Gasteiger partial charge is 0.251 e. The summed E-state index contributed by atoms with van der Waals surface area (Å²) in [6.07, 6.45) is 4.56. The Morgan fingerprint density at radius 1 is 1.42 bits per heavy atom. The molecule has 0 spiro atoms. The lowest BCUT2D eigenvalue weighted by molar-refractivity contribution is 0.0937. The molecule has 3 heteroatoms. The molecule has 19 heavy (non-hydrogen) atoms. The highest BCUT2D eigenvalue weighted by atomic mass is 16.2. The van der Waals surface area contributed by atoms with Gasteiger partial charge < -0.3 is 10.4 Å². The van der Waals surface area contributed by atoms with Crippen molar-refractivity contribution >= 4 is 5.91 Å². The maximum atomic E-state index is 12.2. The van der Waals surface area contributed by atoms with Gasteiger partial charge in [0.1, 0.15) is 6.61 Å². The lowest BCUT2D eigenvalue weighted by Gasteiger charge is -2.13. The number of aliphatic hydroxyl groups excluding tert-OH is 1. The highest BCUT2D eigenvalue weighted by Crippen LogP contribution is 2.19. The number of aryl methyl sites for hydroxylation is 1. The fraction of sp³-hybridized carbons (Fsp3) is 0.438. The van der Waals surface area contributed by atoms with E-state index in [1.165, 1.54) is 12.8 Å². The molecule has 0 bridgehead atoms. The first-order valence-electron chi connectivity index (χ1n) is 6.72. The van der Waals surface area contributed by atoms with E-state index in [9.17, 15) is 4.79 Å². The van der Waals surface area contributed by atoms with E-state index in [1.807, 2.05) is 19.1 Å². The molecule has 0 saturated heterocycles. The van der Waals surface area contributed by atoms with E-state index in [-0.39, 0.29) is 12.5 Å². The van der Waals surface area contributed by atoms with Crippen LogP contribution in [0, 0.1) is 18.8 Å². The molecule has 100 valence electrons. The summed E-state index contributed by atoms with van der Waals surface area (Å²) < 4.78 is 0. The highest BCUT2D eigenvalue weighted by molar-refractivity contribution is 5.96. The second-order valence-corrected chi connectivity index (χ2v) is 4.94. The van der Waals surface area contributed by atoms with Crippen molar-refractivity contribution in [3.05, 3.63) is 34.9 Å². The topological polar surface area (TPSA) is 49.3 Å². The SMILES string of the molecule is Cc1ccc(C#CCO)cc1C(=O)NC1CCCC1. The molecule has 0 atom stereocenters. The number of hydrogen-bond donors (Lipinski definition) is 2. The Hall–Kier alpha value is -1.79. The number of hydrogen-bond acceptors (Lipinski definition) is 2. The first-order chi connectivity index (χ1) is 9.20. The minimum absolute atomic E-state index is 0.0166. The van der Waals surface area contributed by atoms with E-state index in [0.29, 0.717) is 11.6 Å². The molecule has 0 aromatic heterocycles. The average molecular weight is 257 g/mol. The van der Waals surface area contributed by atoms with Gasteiger partial charge in [0.15, 0.2) is 0 Å². The Kier molecular flexibility index (Phi) is 4.59. The molecule has 2 N–H and O–H groups in total. The van der Waals surface area contributed by atoms with Gasteiger partial charge in [-0.05, 0) is 37.5 Å². The summed E-state index contributed by atoms with van der Waals surface area (Å²) in [7, 11) is 0. The zero-order valence-corrected chi connectivity index (χ0v) is 11.2. The summed E-state index contributed by atoms with van der Waals surface area (Å²) in [6, 6.07) is 5.87. The van der Waals surface area contributed by atoms with Crippen LogP contribution in [-0.2, 0) is 0 Å². The molecule has 2 rings (SSSR count). The number of nitrogens with one attached hydrogen (secondary N) is 1. The maximum absolute atomic E-state index is 12.2. The van der Waals surface area contributed by atoms with Gasteiger partial charge in [-0.15, -0.1) is 0 Å². The molecule has 1 fully saturated rings. The van der Waals surface area contributed by atoms with Crippen LogP contribution in [0.4, 0.5) is 0 Å². The van der Waals surface area contributed by atoms with Crippen molar-refractivity contribution in [1.29, 1.82) is 0 Å². The number of carbonyl (C=O) groups excluding carboxylic acids is 1. The maximum Gasteiger partial charge on any atom is 0.251 e. The Morgan fingerprint density at radius 2 is 2.16 bits per heavy atom. The summed E-state index contributed by atoms with van der Waals surface area (Å²) in [6.45, 7) is 1.75. The second kappa shape index (κ2) is 6.40. The average Bonchev–Trinajstić information content (AvgIpc) is 2.90. The van der Waals surface area contributed by atoms with Gasteiger partial charge >= 0.3 is 0 Å². The van der Waals surface area contributed by atoms with Gasteiger partial charge in [0.25, 0.3) is 5.91 Å². The van der Waals surface area contributed by atoms with Crippen LogP contribution in [0.15, 0.2) is 18.2 Å². The highest BCUT2D eigenvalue weighted by Gasteiger charge is 2.18.